The Kier molecular flexibility index (Phi) is 32.2. The van der Waals surface area contributed by atoms with E-state index in [0.29, 0.717) is 44.8 Å². The Morgan fingerprint density at radius 2 is 0.929 bits per heavy atom. The van der Waals surface area contributed by atoms with Crippen LogP contribution >= 0.6 is 0 Å². The molecule has 1 rings (SSSR count). The largest absolute Gasteiger partial charge is 0.508 e. The summed E-state index contributed by atoms with van der Waals surface area (Å²) in [5.41, 5.74) is 0. The summed E-state index contributed by atoms with van der Waals surface area (Å²) in [4.78, 5) is 64.5. The molecule has 13 nitrogen and oxygen atoms in total. The summed E-state index contributed by atoms with van der Waals surface area (Å²) < 4.78 is 32.6. The van der Waals surface area contributed by atoms with E-state index in [1.165, 1.54) is 0 Å². The Labute approximate surface area is 337 Å². The van der Waals surface area contributed by atoms with Crippen LogP contribution in [0.3, 0.4) is 0 Å². The normalized spacial score (nSPS) is 13.2. The van der Waals surface area contributed by atoms with Gasteiger partial charge in [-0.25, -0.2) is 4.79 Å². The van der Waals surface area contributed by atoms with E-state index < -0.39 is 18.0 Å². The Balaban J connectivity index is 2.63. The van der Waals surface area contributed by atoms with Crippen LogP contribution in [0.15, 0.2) is 0 Å². The molecule has 0 spiro atoms. The highest BCUT2D eigenvalue weighted by atomic mass is 16.7. The van der Waals surface area contributed by atoms with Gasteiger partial charge >= 0.3 is 30.0 Å². The van der Waals surface area contributed by atoms with Crippen molar-refractivity contribution in [1.82, 2.24) is 4.90 Å². The zero-order valence-electron chi connectivity index (χ0n) is 35.2. The number of rotatable bonds is 37. The van der Waals surface area contributed by atoms with Crippen molar-refractivity contribution in [2.75, 3.05) is 59.3 Å². The van der Waals surface area contributed by atoms with E-state index in [-0.39, 0.29) is 82.9 Å². The summed E-state index contributed by atoms with van der Waals surface area (Å²) in [5, 5.41) is 9.37. The smallest absolute Gasteiger partial charge is 0.465 e. The molecule has 0 aromatic rings. The van der Waals surface area contributed by atoms with E-state index in [1.54, 1.807) is 0 Å². The van der Waals surface area contributed by atoms with E-state index in [2.05, 4.69) is 25.7 Å². The van der Waals surface area contributed by atoms with E-state index in [4.69, 9.17) is 28.4 Å². The van der Waals surface area contributed by atoms with Gasteiger partial charge in [-0.05, 0) is 44.9 Å². The van der Waals surface area contributed by atoms with E-state index in [9.17, 15) is 29.1 Å². The molecule has 1 aliphatic rings. The topological polar surface area (TPSA) is 164 Å². The highest BCUT2D eigenvalue weighted by molar-refractivity contribution is 5.70. The van der Waals surface area contributed by atoms with Gasteiger partial charge in [0.15, 0.2) is 0 Å². The number of hydrogen-bond acceptors (Lipinski definition) is 13. The number of unbranched alkanes of at least 4 members (excludes halogenated alkanes) is 11. The number of nitrogens with zero attached hydrogens (tertiary/aromatic N) is 1. The van der Waals surface area contributed by atoms with Crippen molar-refractivity contribution in [3.05, 3.63) is 0 Å². The molecule has 1 N–H and O–H groups in total. The molecule has 0 aromatic carbocycles. The monoisotopic (exact) mass is 800 g/mol. The quantitative estimate of drug-likeness (QED) is 0.0363. The summed E-state index contributed by atoms with van der Waals surface area (Å²) in [6, 6.07) is 0.392. The average molecular weight is 800 g/mol. The molecule has 0 aliphatic heterocycles. The minimum absolute atomic E-state index is 0.0305. The van der Waals surface area contributed by atoms with Gasteiger partial charge in [0.2, 0.25) is 0 Å². The second-order valence-corrected chi connectivity index (χ2v) is 15.2. The summed E-state index contributed by atoms with van der Waals surface area (Å²) in [5.74, 6) is -2.24. The first-order chi connectivity index (χ1) is 27.2. The number of esters is 4. The fourth-order valence-corrected chi connectivity index (χ4v) is 6.30. The van der Waals surface area contributed by atoms with Crippen LogP contribution in [0.4, 0.5) is 4.79 Å². The molecule has 1 aliphatic carbocycles. The molecule has 0 radical (unpaired) electrons. The van der Waals surface area contributed by atoms with Crippen LogP contribution in [-0.2, 0) is 47.6 Å². The van der Waals surface area contributed by atoms with Gasteiger partial charge in [-0.2, -0.15) is 0 Å². The maximum atomic E-state index is 12.8. The molecule has 1 saturated carbocycles. The van der Waals surface area contributed by atoms with E-state index >= 15 is 0 Å². The second kappa shape index (κ2) is 35.2. The number of hydrogen-bond donors (Lipinski definition) is 1. The molecule has 13 heteroatoms. The Bertz CT molecular complexity index is 1010. The van der Waals surface area contributed by atoms with Crippen LogP contribution in [-0.4, -0.2) is 105 Å². The molecule has 0 aromatic heterocycles. The predicted octanol–water partition coefficient (Wildman–Crippen LogP) is 8.25. The zero-order valence-corrected chi connectivity index (χ0v) is 35.2. The van der Waals surface area contributed by atoms with Crippen LogP contribution in [0.1, 0.15) is 168 Å². The SMILES string of the molecule is CCCCCCCC(=O)OCC(CCCC(=O)OCC(COC(=O)CCCCCC)COC(=O)OCCN(CCO)C1CCC1)COC(=O)CCCCCCC. The summed E-state index contributed by atoms with van der Waals surface area (Å²) >= 11 is 0. The predicted molar refractivity (Wildman–Crippen MR) is 214 cm³/mol. The van der Waals surface area contributed by atoms with Crippen molar-refractivity contribution < 1.29 is 57.5 Å². The molecular weight excluding hydrogens is 722 g/mol. The third-order valence-electron chi connectivity index (χ3n) is 10.1. The van der Waals surface area contributed by atoms with Gasteiger partial charge in [0.25, 0.3) is 0 Å². The molecule has 0 amide bonds. The van der Waals surface area contributed by atoms with Crippen LogP contribution < -0.4 is 0 Å². The Hall–Kier alpha value is -2.93. The minimum Gasteiger partial charge on any atom is -0.465 e. The number of carbonyl (C=O) groups excluding carboxylic acids is 5. The van der Waals surface area contributed by atoms with Crippen molar-refractivity contribution in [1.29, 1.82) is 0 Å². The van der Waals surface area contributed by atoms with Gasteiger partial charge in [0, 0.05) is 50.7 Å². The van der Waals surface area contributed by atoms with Crippen LogP contribution in [0.25, 0.3) is 0 Å². The maximum Gasteiger partial charge on any atom is 0.508 e. The standard InChI is InChI=1S/C43H77NO12/c1-4-7-10-13-16-24-39(46)52-31-36(32-53-40(47)25-17-14-11-8-5-2)20-18-26-42(49)55-34-37(33-54-41(48)23-15-12-9-6-3)35-56-43(50)51-30-28-44(27-29-45)38-21-19-22-38/h36-38,45H,4-35H2,1-3H3. The summed E-state index contributed by atoms with van der Waals surface area (Å²) in [6.45, 7) is 7.34. The lowest BCUT2D eigenvalue weighted by Crippen LogP contribution is -2.43. The lowest BCUT2D eigenvalue weighted by Gasteiger charge is -2.36. The van der Waals surface area contributed by atoms with Gasteiger partial charge in [-0.3, -0.25) is 24.1 Å². The van der Waals surface area contributed by atoms with Gasteiger partial charge in [0.1, 0.15) is 26.4 Å². The zero-order chi connectivity index (χ0) is 41.1. The van der Waals surface area contributed by atoms with Crippen molar-refractivity contribution in [3.63, 3.8) is 0 Å². The summed E-state index contributed by atoms with van der Waals surface area (Å²) in [6.07, 6.45) is 18.3. The first-order valence-electron chi connectivity index (χ1n) is 22.0. The highest BCUT2D eigenvalue weighted by Gasteiger charge is 2.25. The number of ether oxygens (including phenoxy) is 6. The van der Waals surface area contributed by atoms with Crippen LogP contribution in [0.2, 0.25) is 0 Å². The molecule has 1 fully saturated rings. The lowest BCUT2D eigenvalue weighted by molar-refractivity contribution is -0.152. The van der Waals surface area contributed by atoms with Crippen molar-refractivity contribution in [3.8, 4) is 0 Å². The molecular formula is C43H77NO12. The minimum atomic E-state index is -0.870. The number of aliphatic hydroxyl groups excluding tert-OH is 1. The van der Waals surface area contributed by atoms with Crippen molar-refractivity contribution in [2.24, 2.45) is 11.8 Å². The van der Waals surface area contributed by atoms with Gasteiger partial charge in [0.05, 0.1) is 25.7 Å². The fraction of sp³-hybridized carbons (Fsp3) is 0.884. The van der Waals surface area contributed by atoms with Crippen LogP contribution in [0, 0.1) is 11.8 Å². The van der Waals surface area contributed by atoms with Gasteiger partial charge in [-0.1, -0.05) is 97.8 Å². The molecule has 1 unspecified atom stereocenters. The molecule has 0 saturated heterocycles. The maximum absolute atomic E-state index is 12.8. The molecule has 56 heavy (non-hydrogen) atoms. The second-order valence-electron chi connectivity index (χ2n) is 15.2. The Morgan fingerprint density at radius 1 is 0.518 bits per heavy atom. The average Bonchev–Trinajstić information content (AvgIpc) is 3.16. The Morgan fingerprint density at radius 3 is 1.36 bits per heavy atom. The van der Waals surface area contributed by atoms with Crippen molar-refractivity contribution >= 4 is 30.0 Å². The lowest BCUT2D eigenvalue weighted by atomic mass is 9.91. The molecule has 0 bridgehead atoms. The highest BCUT2D eigenvalue weighted by Crippen LogP contribution is 2.24. The third kappa shape index (κ3) is 28.5. The van der Waals surface area contributed by atoms with Crippen LogP contribution in [0.5, 0.6) is 0 Å². The van der Waals surface area contributed by atoms with E-state index in [0.717, 1.165) is 109 Å². The van der Waals surface area contributed by atoms with Crippen molar-refractivity contribution in [2.45, 2.75) is 174 Å². The number of carbonyl (C=O) groups is 5. The van der Waals surface area contributed by atoms with Gasteiger partial charge < -0.3 is 33.5 Å². The first kappa shape index (κ1) is 51.1. The third-order valence-corrected chi connectivity index (χ3v) is 10.1. The fourth-order valence-electron chi connectivity index (χ4n) is 6.30. The van der Waals surface area contributed by atoms with E-state index in [1.807, 2.05) is 0 Å². The molecule has 0 heterocycles. The first-order valence-corrected chi connectivity index (χ1v) is 22.0. The molecule has 326 valence electrons. The van der Waals surface area contributed by atoms with Gasteiger partial charge in [-0.15, -0.1) is 0 Å². The summed E-state index contributed by atoms with van der Waals surface area (Å²) in [7, 11) is 0. The number of aliphatic hydroxyl groups is 1. The molecule has 1 atom stereocenters.